The second kappa shape index (κ2) is 5.25. The molecule has 1 aromatic rings. The molecule has 1 saturated heterocycles. The van der Waals surface area contributed by atoms with Gasteiger partial charge in [-0.25, -0.2) is 0 Å². The van der Waals surface area contributed by atoms with Crippen molar-refractivity contribution in [2.24, 2.45) is 5.92 Å². The molecule has 1 fully saturated rings. The number of hydrogen-bond acceptors (Lipinski definition) is 5. The van der Waals surface area contributed by atoms with Crippen LogP contribution in [-0.4, -0.2) is 33.6 Å². The van der Waals surface area contributed by atoms with Crippen LogP contribution in [0.5, 0.6) is 0 Å². The number of carboxylic acid groups (broad SMARTS) is 1. The number of aliphatic carboxylic acids is 1. The molecule has 1 aromatic carbocycles. The van der Waals surface area contributed by atoms with E-state index in [1.807, 2.05) is 0 Å². The summed E-state index contributed by atoms with van der Waals surface area (Å²) in [4.78, 5) is 34.1. The minimum Gasteiger partial charge on any atom is -0.481 e. The molecule has 106 valence electrons. The van der Waals surface area contributed by atoms with E-state index in [9.17, 15) is 24.8 Å². The van der Waals surface area contributed by atoms with E-state index in [1.165, 1.54) is 23.1 Å². The van der Waals surface area contributed by atoms with E-state index < -0.39 is 29.3 Å². The lowest BCUT2D eigenvalue weighted by atomic mass is 10.1. The number of benzene rings is 1. The number of nitrogens with zero attached hydrogens (tertiary/aromatic N) is 2. The molecule has 0 radical (unpaired) electrons. The Morgan fingerprint density at radius 2 is 2.20 bits per heavy atom. The highest BCUT2D eigenvalue weighted by Gasteiger charge is 2.36. The molecule has 1 atom stereocenters. The normalized spacial score (nSPS) is 18.4. The van der Waals surface area contributed by atoms with Gasteiger partial charge < -0.3 is 15.1 Å². The maximum atomic E-state index is 11.8. The number of hydrogen-bond donors (Lipinski definition) is 2. The van der Waals surface area contributed by atoms with Crippen molar-refractivity contribution >= 4 is 23.3 Å². The fourth-order valence-corrected chi connectivity index (χ4v) is 2.16. The SMILES string of the molecule is O=C(O)C1CC(=O)N(c2cc([N+](=O)[O-])ccc2CO)C1. The van der Waals surface area contributed by atoms with Crippen LogP contribution in [-0.2, 0) is 16.2 Å². The molecule has 0 aliphatic carbocycles. The Labute approximate surface area is 113 Å². The first kappa shape index (κ1) is 13.9. The Morgan fingerprint density at radius 1 is 1.50 bits per heavy atom. The summed E-state index contributed by atoms with van der Waals surface area (Å²) in [6.45, 7) is -0.447. The maximum Gasteiger partial charge on any atom is 0.308 e. The number of aliphatic hydroxyl groups is 1. The molecule has 0 saturated carbocycles. The average molecular weight is 280 g/mol. The van der Waals surface area contributed by atoms with Crippen LogP contribution in [0.15, 0.2) is 18.2 Å². The number of aliphatic hydroxyl groups excluding tert-OH is 1. The summed E-state index contributed by atoms with van der Waals surface area (Å²) >= 11 is 0. The van der Waals surface area contributed by atoms with Gasteiger partial charge in [-0.05, 0) is 6.07 Å². The standard InChI is InChI=1S/C12H12N2O6/c15-6-7-1-2-9(14(19)20)4-10(7)13-5-8(12(17)18)3-11(13)16/h1-2,4,8,15H,3,5-6H2,(H,17,18). The van der Waals surface area contributed by atoms with Crippen molar-refractivity contribution in [3.05, 3.63) is 33.9 Å². The van der Waals surface area contributed by atoms with E-state index in [0.29, 0.717) is 5.56 Å². The van der Waals surface area contributed by atoms with E-state index >= 15 is 0 Å². The van der Waals surface area contributed by atoms with E-state index in [0.717, 1.165) is 0 Å². The highest BCUT2D eigenvalue weighted by atomic mass is 16.6. The maximum absolute atomic E-state index is 11.8. The second-order valence-electron chi connectivity index (χ2n) is 4.47. The van der Waals surface area contributed by atoms with Gasteiger partial charge in [-0.1, -0.05) is 0 Å². The van der Waals surface area contributed by atoms with Crippen LogP contribution in [0, 0.1) is 16.0 Å². The lowest BCUT2D eigenvalue weighted by molar-refractivity contribution is -0.384. The molecule has 1 unspecified atom stereocenters. The van der Waals surface area contributed by atoms with E-state index in [2.05, 4.69) is 0 Å². The van der Waals surface area contributed by atoms with E-state index in [-0.39, 0.29) is 24.3 Å². The third-order valence-corrected chi connectivity index (χ3v) is 3.22. The first-order valence-electron chi connectivity index (χ1n) is 5.85. The summed E-state index contributed by atoms with van der Waals surface area (Å²) in [7, 11) is 0. The summed E-state index contributed by atoms with van der Waals surface area (Å²) in [5, 5.41) is 28.9. The third kappa shape index (κ3) is 2.45. The van der Waals surface area contributed by atoms with E-state index in [4.69, 9.17) is 5.11 Å². The van der Waals surface area contributed by atoms with Crippen LogP contribution in [0.25, 0.3) is 0 Å². The number of carbonyl (C=O) groups is 2. The Kier molecular flexibility index (Phi) is 3.66. The van der Waals surface area contributed by atoms with Gasteiger partial charge in [0.25, 0.3) is 5.69 Å². The van der Waals surface area contributed by atoms with Crippen LogP contribution in [0.1, 0.15) is 12.0 Å². The second-order valence-corrected chi connectivity index (χ2v) is 4.47. The summed E-state index contributed by atoms with van der Waals surface area (Å²) in [6, 6.07) is 3.76. The van der Waals surface area contributed by atoms with Crippen LogP contribution in [0.2, 0.25) is 0 Å². The van der Waals surface area contributed by atoms with Gasteiger partial charge in [-0.15, -0.1) is 0 Å². The predicted molar refractivity (Wildman–Crippen MR) is 67.1 cm³/mol. The Hall–Kier alpha value is -2.48. The van der Waals surface area contributed by atoms with E-state index in [1.54, 1.807) is 0 Å². The molecule has 8 heteroatoms. The smallest absolute Gasteiger partial charge is 0.308 e. The molecule has 1 aliphatic heterocycles. The monoisotopic (exact) mass is 280 g/mol. The lowest BCUT2D eigenvalue weighted by Crippen LogP contribution is -2.27. The zero-order chi connectivity index (χ0) is 14.9. The number of rotatable bonds is 4. The summed E-state index contributed by atoms with van der Waals surface area (Å²) in [5.74, 6) is -2.35. The fourth-order valence-electron chi connectivity index (χ4n) is 2.16. The molecule has 2 N–H and O–H groups in total. The van der Waals surface area contributed by atoms with Crippen molar-refractivity contribution in [2.45, 2.75) is 13.0 Å². The van der Waals surface area contributed by atoms with Gasteiger partial charge in [-0.2, -0.15) is 0 Å². The molecule has 0 bridgehead atoms. The van der Waals surface area contributed by atoms with Crippen molar-refractivity contribution < 1.29 is 24.7 Å². The fraction of sp³-hybridized carbons (Fsp3) is 0.333. The predicted octanol–water partition coefficient (Wildman–Crippen LogP) is 0.525. The largest absolute Gasteiger partial charge is 0.481 e. The minimum atomic E-state index is -1.09. The number of carbonyl (C=O) groups excluding carboxylic acids is 1. The molecule has 1 amide bonds. The molecular weight excluding hydrogens is 268 g/mol. The summed E-state index contributed by atoms with van der Waals surface area (Å²) in [6.07, 6.45) is -0.150. The van der Waals surface area contributed by atoms with Gasteiger partial charge in [0.2, 0.25) is 5.91 Å². The van der Waals surface area contributed by atoms with Gasteiger partial charge in [0.05, 0.1) is 23.1 Å². The molecule has 1 heterocycles. The van der Waals surface area contributed by atoms with Gasteiger partial charge in [0, 0.05) is 30.7 Å². The number of carboxylic acids is 1. The van der Waals surface area contributed by atoms with Gasteiger partial charge in [0.1, 0.15) is 0 Å². The van der Waals surface area contributed by atoms with Crippen molar-refractivity contribution in [3.8, 4) is 0 Å². The lowest BCUT2D eigenvalue weighted by Gasteiger charge is -2.19. The molecule has 20 heavy (non-hydrogen) atoms. The topological polar surface area (TPSA) is 121 Å². The quantitative estimate of drug-likeness (QED) is 0.612. The van der Waals surface area contributed by atoms with Gasteiger partial charge in [0.15, 0.2) is 0 Å². The number of non-ortho nitro benzene ring substituents is 1. The third-order valence-electron chi connectivity index (χ3n) is 3.22. The number of anilines is 1. The Morgan fingerprint density at radius 3 is 2.70 bits per heavy atom. The van der Waals surface area contributed by atoms with Crippen LogP contribution >= 0.6 is 0 Å². The Balaban J connectivity index is 2.40. The Bertz CT molecular complexity index is 585. The van der Waals surface area contributed by atoms with Crippen molar-refractivity contribution in [3.63, 3.8) is 0 Å². The minimum absolute atomic E-state index is 0.0532. The van der Waals surface area contributed by atoms with Gasteiger partial charge in [-0.3, -0.25) is 19.7 Å². The van der Waals surface area contributed by atoms with Crippen molar-refractivity contribution in [2.75, 3.05) is 11.4 Å². The van der Waals surface area contributed by atoms with Crippen molar-refractivity contribution in [1.82, 2.24) is 0 Å². The first-order valence-corrected chi connectivity index (χ1v) is 5.85. The highest BCUT2D eigenvalue weighted by Crippen LogP contribution is 2.31. The molecule has 8 nitrogen and oxygen atoms in total. The molecule has 0 spiro atoms. The first-order chi connectivity index (χ1) is 9.43. The van der Waals surface area contributed by atoms with Crippen LogP contribution in [0.3, 0.4) is 0 Å². The number of amides is 1. The zero-order valence-corrected chi connectivity index (χ0v) is 10.4. The van der Waals surface area contributed by atoms with Gasteiger partial charge >= 0.3 is 5.97 Å². The highest BCUT2D eigenvalue weighted by molar-refractivity contribution is 6.00. The number of nitro benzene ring substituents is 1. The average Bonchev–Trinajstić information content (AvgIpc) is 2.80. The molecular formula is C12H12N2O6. The zero-order valence-electron chi connectivity index (χ0n) is 10.4. The number of nitro groups is 1. The molecule has 1 aliphatic rings. The molecule has 0 aromatic heterocycles. The van der Waals surface area contributed by atoms with Crippen molar-refractivity contribution in [1.29, 1.82) is 0 Å². The van der Waals surface area contributed by atoms with Crippen LogP contribution < -0.4 is 4.90 Å². The molecule has 2 rings (SSSR count). The van der Waals surface area contributed by atoms with Crippen LogP contribution in [0.4, 0.5) is 11.4 Å². The summed E-state index contributed by atoms with van der Waals surface area (Å²) in [5.41, 5.74) is 0.314. The summed E-state index contributed by atoms with van der Waals surface area (Å²) < 4.78 is 0.